The number of nitrogens with zero attached hydrogens (tertiary/aromatic N) is 1. The van der Waals surface area contributed by atoms with E-state index in [2.05, 4.69) is 4.98 Å². The number of halogens is 5. The van der Waals surface area contributed by atoms with Crippen LogP contribution in [0.5, 0.6) is 5.75 Å². The van der Waals surface area contributed by atoms with E-state index in [1.54, 1.807) is 13.2 Å². The van der Waals surface area contributed by atoms with Crippen molar-refractivity contribution < 1.29 is 27.1 Å². The third kappa shape index (κ3) is 4.12. The molecule has 3 aromatic carbocycles. The summed E-state index contributed by atoms with van der Waals surface area (Å²) in [6.45, 7) is 0.230. The molecule has 0 radical (unpaired) electrons. The summed E-state index contributed by atoms with van der Waals surface area (Å²) in [5, 5.41) is 1.11. The van der Waals surface area contributed by atoms with Crippen LogP contribution in [0.3, 0.4) is 0 Å². The summed E-state index contributed by atoms with van der Waals surface area (Å²) >= 11 is 6.01. The third-order valence-electron chi connectivity index (χ3n) is 6.31. The Hall–Kier alpha value is -3.52. The molecule has 9 heteroatoms. The molecule has 0 saturated carbocycles. The predicted octanol–water partition coefficient (Wildman–Crippen LogP) is 6.78. The van der Waals surface area contributed by atoms with E-state index in [-0.39, 0.29) is 17.1 Å². The van der Waals surface area contributed by atoms with Gasteiger partial charge < -0.3 is 14.6 Å². The largest absolute Gasteiger partial charge is 0.497 e. The number of alkyl halides is 3. The SMILES string of the molecule is COc1ccc2[nH]c3c(c2c1)CCN(C(=O)c1cc(Cl)ccc1F)[C@@H]3c1ccc(C(F)(F)F)cc1. The Morgan fingerprint density at radius 3 is 2.51 bits per heavy atom. The smallest absolute Gasteiger partial charge is 0.416 e. The number of nitrogens with one attached hydrogen (secondary N) is 1. The first kappa shape index (κ1) is 23.2. The number of aromatic amines is 1. The van der Waals surface area contributed by atoms with Gasteiger partial charge in [0.1, 0.15) is 11.6 Å². The van der Waals surface area contributed by atoms with Crippen molar-refractivity contribution >= 4 is 28.4 Å². The van der Waals surface area contributed by atoms with Crippen LogP contribution in [0.25, 0.3) is 10.9 Å². The first-order valence-electron chi connectivity index (χ1n) is 10.8. The molecule has 4 nitrogen and oxygen atoms in total. The number of fused-ring (bicyclic) bond motifs is 3. The Labute approximate surface area is 203 Å². The zero-order valence-electron chi connectivity index (χ0n) is 18.4. The van der Waals surface area contributed by atoms with E-state index in [0.29, 0.717) is 23.4 Å². The number of hydrogen-bond acceptors (Lipinski definition) is 2. The number of carbonyl (C=O) groups is 1. The maximum atomic E-state index is 14.6. The molecule has 0 saturated heterocycles. The molecule has 1 aliphatic rings. The van der Waals surface area contributed by atoms with Crippen LogP contribution in [0.4, 0.5) is 17.6 Å². The molecule has 2 heterocycles. The Bertz CT molecular complexity index is 1430. The lowest BCUT2D eigenvalue weighted by molar-refractivity contribution is -0.137. The predicted molar refractivity (Wildman–Crippen MR) is 124 cm³/mol. The van der Waals surface area contributed by atoms with Gasteiger partial charge in [-0.15, -0.1) is 0 Å². The lowest BCUT2D eigenvalue weighted by Crippen LogP contribution is -2.41. The van der Waals surface area contributed by atoms with Crippen LogP contribution in [0.15, 0.2) is 60.7 Å². The van der Waals surface area contributed by atoms with Crippen LogP contribution in [0.1, 0.15) is 38.8 Å². The van der Waals surface area contributed by atoms with Gasteiger partial charge in [0.2, 0.25) is 0 Å². The zero-order chi connectivity index (χ0) is 24.9. The Morgan fingerprint density at radius 2 is 1.83 bits per heavy atom. The molecule has 4 aromatic rings. The number of ether oxygens (including phenoxy) is 1. The van der Waals surface area contributed by atoms with Crippen molar-refractivity contribution in [2.75, 3.05) is 13.7 Å². The van der Waals surface area contributed by atoms with E-state index in [4.69, 9.17) is 16.3 Å². The number of hydrogen-bond donors (Lipinski definition) is 1. The maximum absolute atomic E-state index is 14.6. The van der Waals surface area contributed by atoms with Crippen molar-refractivity contribution in [1.29, 1.82) is 0 Å². The summed E-state index contributed by atoms with van der Waals surface area (Å²) < 4.78 is 59.5. The highest BCUT2D eigenvalue weighted by atomic mass is 35.5. The van der Waals surface area contributed by atoms with E-state index < -0.39 is 29.5 Å². The summed E-state index contributed by atoms with van der Waals surface area (Å²) in [5.41, 5.74) is 1.87. The molecule has 1 N–H and O–H groups in total. The van der Waals surface area contributed by atoms with Crippen LogP contribution in [0.2, 0.25) is 5.02 Å². The fourth-order valence-electron chi connectivity index (χ4n) is 4.63. The number of benzene rings is 3. The normalized spacial score (nSPS) is 15.8. The van der Waals surface area contributed by atoms with Crippen LogP contribution in [-0.4, -0.2) is 29.4 Å². The zero-order valence-corrected chi connectivity index (χ0v) is 19.2. The Morgan fingerprint density at radius 1 is 1.09 bits per heavy atom. The quantitative estimate of drug-likeness (QED) is 0.314. The van der Waals surface area contributed by atoms with Crippen molar-refractivity contribution in [3.63, 3.8) is 0 Å². The summed E-state index contributed by atoms with van der Waals surface area (Å²) in [7, 11) is 1.56. The standard InChI is InChI=1S/C26H19ClF4N2O2/c1-35-17-7-9-22-19(13-17)18-10-11-33(25(34)20-12-16(27)6-8-21(20)28)24(23(18)32-22)14-2-4-15(5-3-14)26(29,30)31/h2-9,12-13,24,32H,10-11H2,1H3/t24-/m1/s1. The Balaban J connectivity index is 1.66. The average molecular weight is 503 g/mol. The molecular weight excluding hydrogens is 484 g/mol. The molecule has 0 unspecified atom stereocenters. The minimum absolute atomic E-state index is 0.198. The highest BCUT2D eigenvalue weighted by Gasteiger charge is 2.37. The maximum Gasteiger partial charge on any atom is 0.416 e. The van der Waals surface area contributed by atoms with Gasteiger partial charge in [0.05, 0.1) is 24.3 Å². The molecule has 0 aliphatic carbocycles. The van der Waals surface area contributed by atoms with E-state index in [1.165, 1.54) is 29.2 Å². The molecule has 0 fully saturated rings. The second-order valence-corrected chi connectivity index (χ2v) is 8.76. The van der Waals surface area contributed by atoms with Gasteiger partial charge in [0.15, 0.2) is 0 Å². The average Bonchev–Trinajstić information content (AvgIpc) is 3.21. The van der Waals surface area contributed by atoms with Gasteiger partial charge >= 0.3 is 6.18 Å². The number of carbonyl (C=O) groups excluding carboxylic acids is 1. The van der Waals surface area contributed by atoms with Gasteiger partial charge in [0, 0.05) is 28.2 Å². The molecule has 1 amide bonds. The van der Waals surface area contributed by atoms with Gasteiger partial charge in [-0.25, -0.2) is 4.39 Å². The summed E-state index contributed by atoms with van der Waals surface area (Å²) in [5.74, 6) is -0.667. The van der Waals surface area contributed by atoms with Crippen LogP contribution in [-0.2, 0) is 12.6 Å². The lowest BCUT2D eigenvalue weighted by atomic mass is 9.91. The van der Waals surface area contributed by atoms with Gasteiger partial charge in [0.25, 0.3) is 5.91 Å². The van der Waals surface area contributed by atoms with Gasteiger partial charge in [-0.3, -0.25) is 4.79 Å². The first-order chi connectivity index (χ1) is 16.7. The van der Waals surface area contributed by atoms with Crippen LogP contribution < -0.4 is 4.74 Å². The van der Waals surface area contributed by atoms with E-state index in [1.807, 2.05) is 12.1 Å². The fraction of sp³-hybridized carbons (Fsp3) is 0.192. The number of H-pyrrole nitrogens is 1. The fourth-order valence-corrected chi connectivity index (χ4v) is 4.80. The summed E-state index contributed by atoms with van der Waals surface area (Å²) in [6.07, 6.45) is -4.03. The highest BCUT2D eigenvalue weighted by Crippen LogP contribution is 2.41. The molecule has 1 aromatic heterocycles. The van der Waals surface area contributed by atoms with Crippen molar-refractivity contribution in [3.05, 3.63) is 99.5 Å². The molecule has 35 heavy (non-hydrogen) atoms. The summed E-state index contributed by atoms with van der Waals surface area (Å²) in [6, 6.07) is 13.2. The van der Waals surface area contributed by atoms with Crippen molar-refractivity contribution in [2.45, 2.75) is 18.6 Å². The summed E-state index contributed by atoms with van der Waals surface area (Å²) in [4.78, 5) is 18.3. The first-order valence-corrected chi connectivity index (χ1v) is 11.2. The van der Waals surface area contributed by atoms with Crippen molar-refractivity contribution in [1.82, 2.24) is 9.88 Å². The van der Waals surface area contributed by atoms with Gasteiger partial charge in [-0.1, -0.05) is 23.7 Å². The molecular formula is C26H19ClF4N2O2. The number of aromatic nitrogens is 1. The molecule has 0 spiro atoms. The molecule has 5 rings (SSSR count). The molecule has 0 bridgehead atoms. The topological polar surface area (TPSA) is 45.3 Å². The van der Waals surface area contributed by atoms with Crippen molar-refractivity contribution in [2.24, 2.45) is 0 Å². The monoisotopic (exact) mass is 502 g/mol. The second kappa shape index (κ2) is 8.61. The number of methoxy groups -OCH3 is 1. The minimum atomic E-state index is -4.49. The van der Waals surface area contributed by atoms with E-state index in [0.717, 1.165) is 34.7 Å². The van der Waals surface area contributed by atoms with Crippen LogP contribution in [0, 0.1) is 5.82 Å². The molecule has 1 aliphatic heterocycles. The van der Waals surface area contributed by atoms with Gasteiger partial charge in [-0.05, 0) is 66.1 Å². The lowest BCUT2D eigenvalue weighted by Gasteiger charge is -2.36. The van der Waals surface area contributed by atoms with Gasteiger partial charge in [-0.2, -0.15) is 13.2 Å². The van der Waals surface area contributed by atoms with E-state index in [9.17, 15) is 22.4 Å². The molecule has 180 valence electrons. The van der Waals surface area contributed by atoms with Crippen LogP contribution >= 0.6 is 11.6 Å². The van der Waals surface area contributed by atoms with E-state index >= 15 is 0 Å². The highest BCUT2D eigenvalue weighted by molar-refractivity contribution is 6.31. The number of amides is 1. The molecule has 1 atom stereocenters. The third-order valence-corrected chi connectivity index (χ3v) is 6.54. The second-order valence-electron chi connectivity index (χ2n) is 8.32. The Kier molecular flexibility index (Phi) is 5.71. The minimum Gasteiger partial charge on any atom is -0.497 e. The number of rotatable bonds is 3. The van der Waals surface area contributed by atoms with Crippen molar-refractivity contribution in [3.8, 4) is 5.75 Å².